The zero-order chi connectivity index (χ0) is 20.1. The minimum absolute atomic E-state index is 0.105. The summed E-state index contributed by atoms with van der Waals surface area (Å²) in [6, 6.07) is 19.7. The molecule has 0 saturated carbocycles. The predicted octanol–water partition coefficient (Wildman–Crippen LogP) is 4.35. The Morgan fingerprint density at radius 1 is 0.857 bits per heavy atom. The lowest BCUT2D eigenvalue weighted by Gasteiger charge is -2.10. The fourth-order valence-electron chi connectivity index (χ4n) is 2.40. The maximum absolute atomic E-state index is 12.5. The molecule has 144 valence electrons. The van der Waals surface area contributed by atoms with E-state index in [9.17, 15) is 13.2 Å². The van der Waals surface area contributed by atoms with E-state index in [0.717, 1.165) is 3.57 Å². The summed E-state index contributed by atoms with van der Waals surface area (Å²) in [5.74, 6) is 0.363. The lowest BCUT2D eigenvalue weighted by Crippen LogP contribution is -2.14. The molecule has 3 aromatic rings. The lowest BCUT2D eigenvalue weighted by atomic mass is 10.2. The van der Waals surface area contributed by atoms with Crippen LogP contribution in [0.5, 0.6) is 5.75 Å². The predicted molar refractivity (Wildman–Crippen MR) is 117 cm³/mol. The summed E-state index contributed by atoms with van der Waals surface area (Å²) >= 11 is 2.15. The summed E-state index contributed by atoms with van der Waals surface area (Å²) in [5, 5.41) is 2.73. The number of sulfonamides is 1. The number of benzene rings is 3. The third kappa shape index (κ3) is 5.02. The zero-order valence-corrected chi connectivity index (χ0v) is 17.8. The molecular weight excluding hydrogens is 491 g/mol. The fraction of sp³-hybridized carbons (Fsp3) is 0.0500. The van der Waals surface area contributed by atoms with Gasteiger partial charge in [0, 0.05) is 20.5 Å². The first-order chi connectivity index (χ1) is 13.4. The number of amides is 1. The van der Waals surface area contributed by atoms with E-state index in [1.807, 2.05) is 12.1 Å². The van der Waals surface area contributed by atoms with Crippen molar-refractivity contribution in [2.75, 3.05) is 17.1 Å². The van der Waals surface area contributed by atoms with E-state index < -0.39 is 10.0 Å². The second-order valence-corrected chi connectivity index (χ2v) is 8.75. The molecular formula is C20H17IN2O4S. The van der Waals surface area contributed by atoms with Crippen LogP contribution >= 0.6 is 22.6 Å². The van der Waals surface area contributed by atoms with Crippen LogP contribution in [0.1, 0.15) is 10.4 Å². The molecule has 0 aliphatic carbocycles. The first-order valence-electron chi connectivity index (χ1n) is 8.21. The number of rotatable bonds is 6. The Labute approximate surface area is 177 Å². The van der Waals surface area contributed by atoms with Crippen molar-refractivity contribution in [1.29, 1.82) is 0 Å². The number of ether oxygens (including phenoxy) is 1. The molecule has 0 radical (unpaired) electrons. The molecule has 0 atom stereocenters. The molecule has 0 fully saturated rings. The van der Waals surface area contributed by atoms with Gasteiger partial charge in [-0.1, -0.05) is 0 Å². The molecule has 0 spiro atoms. The lowest BCUT2D eigenvalue weighted by molar-refractivity contribution is 0.102. The molecule has 1 amide bonds. The van der Waals surface area contributed by atoms with Crippen LogP contribution in [0.4, 0.5) is 11.4 Å². The Hall–Kier alpha value is -2.59. The van der Waals surface area contributed by atoms with E-state index in [4.69, 9.17) is 4.74 Å². The Bertz CT molecular complexity index is 1060. The normalized spacial score (nSPS) is 10.9. The quantitative estimate of drug-likeness (QED) is 0.485. The number of halogens is 1. The molecule has 0 aliphatic rings. The summed E-state index contributed by atoms with van der Waals surface area (Å²) < 4.78 is 33.6. The van der Waals surface area contributed by atoms with Crippen molar-refractivity contribution in [3.05, 3.63) is 81.9 Å². The van der Waals surface area contributed by atoms with Crippen molar-refractivity contribution in [2.24, 2.45) is 0 Å². The standard InChI is InChI=1S/C20H17IN2O4S/c1-27-18-10-2-14(3-11-18)20(24)22-16-8-12-19(13-9-16)28(25,26)23-17-6-4-15(21)5-7-17/h2-13,23H,1H3,(H,22,24). The average Bonchev–Trinajstić information content (AvgIpc) is 2.70. The van der Waals surface area contributed by atoms with Crippen LogP contribution in [-0.2, 0) is 10.0 Å². The smallest absolute Gasteiger partial charge is 0.261 e. The number of carbonyl (C=O) groups is 1. The highest BCUT2D eigenvalue weighted by Gasteiger charge is 2.14. The van der Waals surface area contributed by atoms with Crippen molar-refractivity contribution in [3.8, 4) is 5.75 Å². The van der Waals surface area contributed by atoms with Gasteiger partial charge in [-0.15, -0.1) is 0 Å². The van der Waals surface area contributed by atoms with Gasteiger partial charge in [-0.2, -0.15) is 0 Å². The van der Waals surface area contributed by atoms with Crippen LogP contribution in [0.3, 0.4) is 0 Å². The Kier molecular flexibility index (Phi) is 6.20. The Morgan fingerprint density at radius 3 is 2.00 bits per heavy atom. The molecule has 3 aromatic carbocycles. The topological polar surface area (TPSA) is 84.5 Å². The molecule has 0 unspecified atom stereocenters. The molecule has 0 saturated heterocycles. The summed E-state index contributed by atoms with van der Waals surface area (Å²) in [4.78, 5) is 12.4. The largest absolute Gasteiger partial charge is 0.497 e. The van der Waals surface area contributed by atoms with E-state index in [0.29, 0.717) is 22.7 Å². The molecule has 0 bridgehead atoms. The zero-order valence-electron chi connectivity index (χ0n) is 14.8. The van der Waals surface area contributed by atoms with Gasteiger partial charge in [0.15, 0.2) is 0 Å². The summed E-state index contributed by atoms with van der Waals surface area (Å²) in [6.07, 6.45) is 0. The molecule has 8 heteroatoms. The summed E-state index contributed by atoms with van der Waals surface area (Å²) in [5.41, 5.74) is 1.45. The molecule has 3 rings (SSSR count). The summed E-state index contributed by atoms with van der Waals surface area (Å²) in [6.45, 7) is 0. The minimum Gasteiger partial charge on any atom is -0.497 e. The minimum atomic E-state index is -3.71. The highest BCUT2D eigenvalue weighted by atomic mass is 127. The molecule has 2 N–H and O–H groups in total. The Morgan fingerprint density at radius 2 is 1.43 bits per heavy atom. The maximum atomic E-state index is 12.5. The fourth-order valence-corrected chi connectivity index (χ4v) is 3.81. The van der Waals surface area contributed by atoms with E-state index in [1.54, 1.807) is 55.6 Å². The SMILES string of the molecule is COc1ccc(C(=O)Nc2ccc(S(=O)(=O)Nc3ccc(I)cc3)cc2)cc1. The first kappa shape index (κ1) is 20.2. The summed E-state index contributed by atoms with van der Waals surface area (Å²) in [7, 11) is -2.16. The first-order valence-corrected chi connectivity index (χ1v) is 10.8. The van der Waals surface area contributed by atoms with Crippen LogP contribution in [0, 0.1) is 3.57 Å². The van der Waals surface area contributed by atoms with Crippen LogP contribution in [0.25, 0.3) is 0 Å². The van der Waals surface area contributed by atoms with Crippen LogP contribution in [0.15, 0.2) is 77.7 Å². The van der Waals surface area contributed by atoms with Crippen molar-refractivity contribution in [3.63, 3.8) is 0 Å². The van der Waals surface area contributed by atoms with Crippen molar-refractivity contribution in [1.82, 2.24) is 0 Å². The van der Waals surface area contributed by atoms with Crippen molar-refractivity contribution >= 4 is 49.9 Å². The van der Waals surface area contributed by atoms with Gasteiger partial charge in [0.25, 0.3) is 15.9 Å². The third-order valence-electron chi connectivity index (χ3n) is 3.87. The van der Waals surface area contributed by atoms with Gasteiger partial charge in [-0.05, 0) is 95.4 Å². The maximum Gasteiger partial charge on any atom is 0.261 e. The monoisotopic (exact) mass is 508 g/mol. The number of methoxy groups -OCH3 is 1. The molecule has 0 heterocycles. The van der Waals surface area contributed by atoms with E-state index in [2.05, 4.69) is 32.6 Å². The van der Waals surface area contributed by atoms with E-state index in [1.165, 1.54) is 12.1 Å². The molecule has 6 nitrogen and oxygen atoms in total. The number of hydrogen-bond donors (Lipinski definition) is 2. The van der Waals surface area contributed by atoms with Gasteiger partial charge >= 0.3 is 0 Å². The van der Waals surface area contributed by atoms with Crippen molar-refractivity contribution < 1.29 is 17.9 Å². The van der Waals surface area contributed by atoms with Gasteiger partial charge < -0.3 is 10.1 Å². The average molecular weight is 508 g/mol. The van der Waals surface area contributed by atoms with Gasteiger partial charge in [0.05, 0.1) is 12.0 Å². The second-order valence-electron chi connectivity index (χ2n) is 5.82. The third-order valence-corrected chi connectivity index (χ3v) is 5.99. The second kappa shape index (κ2) is 8.61. The number of nitrogens with one attached hydrogen (secondary N) is 2. The molecule has 28 heavy (non-hydrogen) atoms. The van der Waals surface area contributed by atoms with Gasteiger partial charge in [-0.3, -0.25) is 9.52 Å². The number of carbonyl (C=O) groups excluding carboxylic acids is 1. The van der Waals surface area contributed by atoms with E-state index in [-0.39, 0.29) is 10.8 Å². The highest BCUT2D eigenvalue weighted by molar-refractivity contribution is 14.1. The molecule has 0 aromatic heterocycles. The van der Waals surface area contributed by atoms with Crippen LogP contribution < -0.4 is 14.8 Å². The molecule has 0 aliphatic heterocycles. The van der Waals surface area contributed by atoms with Gasteiger partial charge in [0.1, 0.15) is 5.75 Å². The van der Waals surface area contributed by atoms with Gasteiger partial charge in [0.2, 0.25) is 0 Å². The van der Waals surface area contributed by atoms with Gasteiger partial charge in [-0.25, -0.2) is 8.42 Å². The van der Waals surface area contributed by atoms with Crippen LogP contribution in [-0.4, -0.2) is 21.4 Å². The van der Waals surface area contributed by atoms with E-state index >= 15 is 0 Å². The highest BCUT2D eigenvalue weighted by Crippen LogP contribution is 2.20. The number of anilines is 2. The Balaban J connectivity index is 1.69. The number of hydrogen-bond acceptors (Lipinski definition) is 4. The van der Waals surface area contributed by atoms with Crippen LogP contribution in [0.2, 0.25) is 0 Å². The van der Waals surface area contributed by atoms with Crippen molar-refractivity contribution in [2.45, 2.75) is 4.90 Å².